The number of methoxy groups -OCH3 is 2. The molecule has 0 atom stereocenters. The molecule has 0 aliphatic rings. The third-order valence-corrected chi connectivity index (χ3v) is 4.02. The van der Waals surface area contributed by atoms with Crippen molar-refractivity contribution < 1.29 is 19.0 Å². The van der Waals surface area contributed by atoms with E-state index in [4.69, 9.17) is 14.2 Å². The standard InChI is InChI=1S/C21H28N2O4/c1-21(2,3)15-9-11-16(12-10-15)23-20(24)22-13-14-27-18-8-6-7-17(25-4)19(18)26-5/h6-12H,13-14H2,1-5H3,(H2,22,23,24). The quantitative estimate of drug-likeness (QED) is 0.715. The average Bonchev–Trinajstić information content (AvgIpc) is 2.64. The van der Waals surface area contributed by atoms with Crippen LogP contribution in [0.2, 0.25) is 0 Å². The maximum atomic E-state index is 12.0. The molecule has 0 aromatic heterocycles. The van der Waals surface area contributed by atoms with Gasteiger partial charge in [-0.15, -0.1) is 0 Å². The molecule has 0 saturated heterocycles. The average molecular weight is 372 g/mol. The Bertz CT molecular complexity index is 752. The van der Waals surface area contributed by atoms with Crippen molar-refractivity contribution in [1.82, 2.24) is 5.32 Å². The van der Waals surface area contributed by atoms with Crippen molar-refractivity contribution in [3.63, 3.8) is 0 Å². The molecule has 0 unspecified atom stereocenters. The SMILES string of the molecule is COc1cccc(OCCNC(=O)Nc2ccc(C(C)(C)C)cc2)c1OC. The van der Waals surface area contributed by atoms with Crippen LogP contribution in [0.3, 0.4) is 0 Å². The summed E-state index contributed by atoms with van der Waals surface area (Å²) in [5, 5.41) is 5.57. The highest BCUT2D eigenvalue weighted by atomic mass is 16.5. The Morgan fingerprint density at radius 3 is 2.22 bits per heavy atom. The third kappa shape index (κ3) is 5.81. The van der Waals surface area contributed by atoms with Crippen LogP contribution in [-0.2, 0) is 5.41 Å². The Kier molecular flexibility index (Phi) is 6.93. The van der Waals surface area contributed by atoms with Crippen molar-refractivity contribution in [2.24, 2.45) is 0 Å². The number of nitrogens with one attached hydrogen (secondary N) is 2. The van der Waals surface area contributed by atoms with Gasteiger partial charge >= 0.3 is 6.03 Å². The first-order valence-corrected chi connectivity index (χ1v) is 8.84. The molecule has 6 heteroatoms. The number of ether oxygens (including phenoxy) is 3. The van der Waals surface area contributed by atoms with E-state index in [1.165, 1.54) is 5.56 Å². The molecule has 2 aromatic rings. The summed E-state index contributed by atoms with van der Waals surface area (Å²) >= 11 is 0. The minimum Gasteiger partial charge on any atom is -0.493 e. The predicted molar refractivity (Wildman–Crippen MR) is 107 cm³/mol. The van der Waals surface area contributed by atoms with Crippen LogP contribution >= 0.6 is 0 Å². The van der Waals surface area contributed by atoms with Gasteiger partial charge in [0.2, 0.25) is 5.75 Å². The lowest BCUT2D eigenvalue weighted by atomic mass is 9.87. The van der Waals surface area contributed by atoms with Gasteiger partial charge in [-0.05, 0) is 35.2 Å². The fourth-order valence-electron chi connectivity index (χ4n) is 2.53. The van der Waals surface area contributed by atoms with Crippen molar-refractivity contribution in [3.8, 4) is 17.2 Å². The Morgan fingerprint density at radius 2 is 1.63 bits per heavy atom. The Balaban J connectivity index is 1.80. The van der Waals surface area contributed by atoms with Crippen LogP contribution in [-0.4, -0.2) is 33.4 Å². The molecular weight excluding hydrogens is 344 g/mol. The number of rotatable bonds is 7. The first kappa shape index (κ1) is 20.4. The molecule has 27 heavy (non-hydrogen) atoms. The van der Waals surface area contributed by atoms with E-state index in [0.717, 1.165) is 5.69 Å². The molecule has 0 saturated carbocycles. The lowest BCUT2D eigenvalue weighted by Gasteiger charge is -2.19. The van der Waals surface area contributed by atoms with Crippen LogP contribution in [0.5, 0.6) is 17.2 Å². The van der Waals surface area contributed by atoms with Gasteiger partial charge in [0.15, 0.2) is 11.5 Å². The van der Waals surface area contributed by atoms with Crippen molar-refractivity contribution in [1.29, 1.82) is 0 Å². The van der Waals surface area contributed by atoms with E-state index in [1.54, 1.807) is 26.4 Å². The zero-order valence-corrected chi connectivity index (χ0v) is 16.6. The van der Waals surface area contributed by atoms with Gasteiger partial charge in [-0.3, -0.25) is 0 Å². The highest BCUT2D eigenvalue weighted by Crippen LogP contribution is 2.36. The van der Waals surface area contributed by atoms with Gasteiger partial charge in [0, 0.05) is 5.69 Å². The summed E-state index contributed by atoms with van der Waals surface area (Å²) in [7, 11) is 3.13. The molecule has 146 valence electrons. The van der Waals surface area contributed by atoms with Crippen LogP contribution in [0, 0.1) is 0 Å². The smallest absolute Gasteiger partial charge is 0.319 e. The lowest BCUT2D eigenvalue weighted by molar-refractivity contribution is 0.245. The first-order valence-electron chi connectivity index (χ1n) is 8.84. The van der Waals surface area contributed by atoms with E-state index in [-0.39, 0.29) is 11.4 Å². The third-order valence-electron chi connectivity index (χ3n) is 4.02. The van der Waals surface area contributed by atoms with Gasteiger partial charge in [0.1, 0.15) is 6.61 Å². The number of benzene rings is 2. The van der Waals surface area contributed by atoms with Crippen LogP contribution in [0.25, 0.3) is 0 Å². The van der Waals surface area contributed by atoms with Gasteiger partial charge < -0.3 is 24.8 Å². The summed E-state index contributed by atoms with van der Waals surface area (Å²) in [6.45, 7) is 7.12. The summed E-state index contributed by atoms with van der Waals surface area (Å²) in [6, 6.07) is 13.0. The van der Waals surface area contributed by atoms with Gasteiger partial charge in [0.05, 0.1) is 20.8 Å². The molecule has 0 heterocycles. The summed E-state index contributed by atoms with van der Waals surface area (Å²) in [5.74, 6) is 1.69. The number of hydrogen-bond donors (Lipinski definition) is 2. The highest BCUT2D eigenvalue weighted by Gasteiger charge is 2.13. The lowest BCUT2D eigenvalue weighted by Crippen LogP contribution is -2.32. The Labute approximate surface area is 160 Å². The van der Waals surface area contributed by atoms with E-state index >= 15 is 0 Å². The fourth-order valence-corrected chi connectivity index (χ4v) is 2.53. The van der Waals surface area contributed by atoms with Crippen molar-refractivity contribution >= 4 is 11.7 Å². The second-order valence-electron chi connectivity index (χ2n) is 7.05. The van der Waals surface area contributed by atoms with Gasteiger partial charge in [-0.2, -0.15) is 0 Å². The van der Waals surface area contributed by atoms with Gasteiger partial charge in [-0.25, -0.2) is 4.79 Å². The van der Waals surface area contributed by atoms with E-state index in [1.807, 2.05) is 30.3 Å². The number of urea groups is 1. The number of hydrogen-bond acceptors (Lipinski definition) is 4. The molecule has 0 radical (unpaired) electrons. The van der Waals surface area contributed by atoms with Crippen LogP contribution in [0.4, 0.5) is 10.5 Å². The van der Waals surface area contributed by atoms with Crippen LogP contribution in [0.1, 0.15) is 26.3 Å². The molecular formula is C21H28N2O4. The molecule has 0 aliphatic carbocycles. The molecule has 2 amide bonds. The Hall–Kier alpha value is -2.89. The van der Waals surface area contributed by atoms with Crippen molar-refractivity contribution in [3.05, 3.63) is 48.0 Å². The second kappa shape index (κ2) is 9.16. The maximum absolute atomic E-state index is 12.0. The molecule has 2 N–H and O–H groups in total. The molecule has 0 bridgehead atoms. The molecule has 0 fully saturated rings. The van der Waals surface area contributed by atoms with E-state index in [0.29, 0.717) is 30.4 Å². The first-order chi connectivity index (χ1) is 12.8. The normalized spacial score (nSPS) is 10.9. The number of para-hydroxylation sites is 1. The predicted octanol–water partition coefficient (Wildman–Crippen LogP) is 4.20. The molecule has 0 aliphatic heterocycles. The van der Waals surface area contributed by atoms with Gasteiger partial charge in [0.25, 0.3) is 0 Å². The summed E-state index contributed by atoms with van der Waals surface area (Å²) < 4.78 is 16.2. The molecule has 6 nitrogen and oxygen atoms in total. The molecule has 0 spiro atoms. The van der Waals surface area contributed by atoms with Crippen LogP contribution in [0.15, 0.2) is 42.5 Å². The zero-order valence-electron chi connectivity index (χ0n) is 16.6. The molecule has 2 aromatic carbocycles. The number of anilines is 1. The molecule has 2 rings (SSSR count). The summed E-state index contributed by atoms with van der Waals surface area (Å²) in [4.78, 5) is 12.0. The number of carbonyl (C=O) groups excluding carboxylic acids is 1. The van der Waals surface area contributed by atoms with Gasteiger partial charge in [-0.1, -0.05) is 39.0 Å². The fraction of sp³-hybridized carbons (Fsp3) is 0.381. The van der Waals surface area contributed by atoms with Crippen molar-refractivity contribution in [2.45, 2.75) is 26.2 Å². The largest absolute Gasteiger partial charge is 0.493 e. The highest BCUT2D eigenvalue weighted by molar-refractivity contribution is 5.89. The topological polar surface area (TPSA) is 68.8 Å². The second-order valence-corrected chi connectivity index (χ2v) is 7.05. The summed E-state index contributed by atoms with van der Waals surface area (Å²) in [5.41, 5.74) is 2.05. The number of amides is 2. The number of carbonyl (C=O) groups is 1. The summed E-state index contributed by atoms with van der Waals surface area (Å²) in [6.07, 6.45) is 0. The van der Waals surface area contributed by atoms with E-state index < -0.39 is 0 Å². The monoisotopic (exact) mass is 372 g/mol. The van der Waals surface area contributed by atoms with E-state index in [2.05, 4.69) is 31.4 Å². The zero-order chi connectivity index (χ0) is 19.9. The Morgan fingerprint density at radius 1 is 0.963 bits per heavy atom. The van der Waals surface area contributed by atoms with Crippen LogP contribution < -0.4 is 24.8 Å². The minimum absolute atomic E-state index is 0.0826. The minimum atomic E-state index is -0.278. The van der Waals surface area contributed by atoms with Crippen molar-refractivity contribution in [2.75, 3.05) is 32.7 Å². The maximum Gasteiger partial charge on any atom is 0.319 e. The van der Waals surface area contributed by atoms with E-state index in [9.17, 15) is 4.79 Å².